The minimum absolute atomic E-state index is 0.687. The lowest BCUT2D eigenvalue weighted by Crippen LogP contribution is -2.63. The number of aliphatic hydroxyl groups excluding tert-OH is 7. The molecular formula is C12H21FO10. The van der Waals surface area contributed by atoms with E-state index in [1.165, 1.54) is 0 Å². The molecule has 2 aliphatic heterocycles. The van der Waals surface area contributed by atoms with Crippen molar-refractivity contribution in [1.29, 1.82) is 0 Å². The zero-order valence-corrected chi connectivity index (χ0v) is 11.9. The van der Waals surface area contributed by atoms with E-state index < -0.39 is 74.7 Å². The van der Waals surface area contributed by atoms with Crippen molar-refractivity contribution < 1.29 is 54.3 Å². The lowest BCUT2D eigenvalue weighted by Gasteiger charge is -2.44. The maximum atomic E-state index is 12.8. The van der Waals surface area contributed by atoms with E-state index in [1.807, 2.05) is 0 Å². The van der Waals surface area contributed by atoms with Crippen LogP contribution in [0.3, 0.4) is 0 Å². The van der Waals surface area contributed by atoms with Gasteiger partial charge in [0.25, 0.3) is 0 Å². The summed E-state index contributed by atoms with van der Waals surface area (Å²) in [5, 5.41) is 67.1. The molecule has 2 saturated heterocycles. The van der Waals surface area contributed by atoms with E-state index in [0.717, 1.165) is 0 Å². The molecule has 2 heterocycles. The predicted molar refractivity (Wildman–Crippen MR) is 67.5 cm³/mol. The summed E-state index contributed by atoms with van der Waals surface area (Å²) in [5.41, 5.74) is 0. The highest BCUT2D eigenvalue weighted by molar-refractivity contribution is 4.92. The number of halogens is 1. The Morgan fingerprint density at radius 2 is 1.13 bits per heavy atom. The van der Waals surface area contributed by atoms with Crippen molar-refractivity contribution in [1.82, 2.24) is 0 Å². The van der Waals surface area contributed by atoms with Crippen molar-refractivity contribution in [3.8, 4) is 0 Å². The molecule has 2 fully saturated rings. The van der Waals surface area contributed by atoms with Crippen molar-refractivity contribution in [3.63, 3.8) is 0 Å². The maximum Gasteiger partial charge on any atom is 0.189 e. The van der Waals surface area contributed by atoms with Crippen molar-refractivity contribution in [2.24, 2.45) is 0 Å². The molecule has 10 atom stereocenters. The van der Waals surface area contributed by atoms with E-state index in [2.05, 4.69) is 0 Å². The van der Waals surface area contributed by atoms with E-state index in [1.54, 1.807) is 0 Å². The highest BCUT2D eigenvalue weighted by Crippen LogP contribution is 2.28. The molecule has 136 valence electrons. The van der Waals surface area contributed by atoms with E-state index >= 15 is 0 Å². The average molecular weight is 344 g/mol. The van der Waals surface area contributed by atoms with Gasteiger partial charge in [-0.1, -0.05) is 0 Å². The first-order chi connectivity index (χ1) is 10.8. The second kappa shape index (κ2) is 7.61. The van der Waals surface area contributed by atoms with Gasteiger partial charge in [-0.15, -0.1) is 0 Å². The number of hydrogen-bond acceptors (Lipinski definition) is 10. The number of aliphatic hydroxyl groups is 7. The average Bonchev–Trinajstić information content (AvgIpc) is 2.55. The predicted octanol–water partition coefficient (Wildman–Crippen LogP) is -4.42. The molecule has 2 rings (SSSR count). The van der Waals surface area contributed by atoms with Crippen molar-refractivity contribution in [2.45, 2.75) is 61.4 Å². The molecule has 10 nitrogen and oxygen atoms in total. The van der Waals surface area contributed by atoms with Crippen LogP contribution in [0.15, 0.2) is 0 Å². The number of hydrogen-bond donors (Lipinski definition) is 7. The summed E-state index contributed by atoms with van der Waals surface area (Å²) in [4.78, 5) is 0. The van der Waals surface area contributed by atoms with Gasteiger partial charge in [-0.2, -0.15) is 0 Å². The standard InChI is InChI=1S/C12H21FO10/c13-1-3-5(15)7(17)9(19)11(21-3)23-12-10(20)8(18)6(16)4(2-14)22-12/h3-12,14-20H,1-2H2/t3?,4-,5-,6-,7?,8?,9?,10?,11-,12-/m1/s1. The van der Waals surface area contributed by atoms with Crippen LogP contribution >= 0.6 is 0 Å². The van der Waals surface area contributed by atoms with Crippen molar-refractivity contribution in [3.05, 3.63) is 0 Å². The molecule has 2 aliphatic rings. The fourth-order valence-corrected chi connectivity index (χ4v) is 2.47. The van der Waals surface area contributed by atoms with Crippen LogP contribution in [0.4, 0.5) is 4.39 Å². The molecule has 7 N–H and O–H groups in total. The van der Waals surface area contributed by atoms with E-state index in [-0.39, 0.29) is 0 Å². The summed E-state index contributed by atoms with van der Waals surface area (Å²) in [6, 6.07) is 0. The van der Waals surface area contributed by atoms with Crippen LogP contribution in [-0.2, 0) is 14.2 Å². The Morgan fingerprint density at radius 3 is 1.57 bits per heavy atom. The van der Waals surface area contributed by atoms with Gasteiger partial charge in [-0.05, 0) is 0 Å². The molecule has 0 aromatic heterocycles. The largest absolute Gasteiger partial charge is 0.394 e. The van der Waals surface area contributed by atoms with Gasteiger partial charge >= 0.3 is 0 Å². The van der Waals surface area contributed by atoms with E-state index in [4.69, 9.17) is 19.3 Å². The van der Waals surface area contributed by atoms with Gasteiger partial charge in [0.15, 0.2) is 12.6 Å². The summed E-state index contributed by atoms with van der Waals surface area (Å²) in [6.45, 7) is -1.85. The first-order valence-corrected chi connectivity index (χ1v) is 7.03. The molecule has 0 amide bonds. The summed E-state index contributed by atoms with van der Waals surface area (Å²) in [7, 11) is 0. The van der Waals surface area contributed by atoms with Gasteiger partial charge in [-0.3, -0.25) is 0 Å². The molecular weight excluding hydrogens is 323 g/mol. The summed E-state index contributed by atoms with van der Waals surface area (Å²) >= 11 is 0. The number of alkyl halides is 1. The van der Waals surface area contributed by atoms with Gasteiger partial charge in [0, 0.05) is 0 Å². The smallest absolute Gasteiger partial charge is 0.189 e. The Labute approximate surface area is 130 Å². The number of rotatable bonds is 4. The molecule has 23 heavy (non-hydrogen) atoms. The second-order valence-corrected chi connectivity index (χ2v) is 5.50. The minimum Gasteiger partial charge on any atom is -0.394 e. The zero-order chi connectivity index (χ0) is 17.3. The fourth-order valence-electron chi connectivity index (χ4n) is 2.47. The third-order valence-electron chi connectivity index (χ3n) is 3.94. The molecule has 5 unspecified atom stereocenters. The quantitative estimate of drug-likeness (QED) is 0.264. The minimum atomic E-state index is -1.78. The Morgan fingerprint density at radius 1 is 0.696 bits per heavy atom. The van der Waals surface area contributed by atoms with E-state index in [0.29, 0.717) is 0 Å². The first kappa shape index (κ1) is 18.9. The van der Waals surface area contributed by atoms with Crippen molar-refractivity contribution in [2.75, 3.05) is 13.3 Å². The molecule has 0 radical (unpaired) electrons. The zero-order valence-electron chi connectivity index (χ0n) is 11.9. The monoisotopic (exact) mass is 344 g/mol. The Kier molecular flexibility index (Phi) is 6.24. The van der Waals surface area contributed by atoms with Gasteiger partial charge in [-0.25, -0.2) is 4.39 Å². The topological polar surface area (TPSA) is 169 Å². The Bertz CT molecular complexity index is 349. The van der Waals surface area contributed by atoms with Crippen LogP contribution in [0.2, 0.25) is 0 Å². The van der Waals surface area contributed by atoms with Gasteiger partial charge in [0.2, 0.25) is 0 Å². The van der Waals surface area contributed by atoms with Crippen LogP contribution in [0.5, 0.6) is 0 Å². The molecule has 11 heteroatoms. The van der Waals surface area contributed by atoms with Gasteiger partial charge < -0.3 is 50.0 Å². The van der Waals surface area contributed by atoms with Crippen LogP contribution < -0.4 is 0 Å². The molecule has 0 aromatic rings. The molecule has 0 spiro atoms. The highest BCUT2D eigenvalue weighted by atomic mass is 19.1. The normalized spacial score (nSPS) is 51.7. The number of ether oxygens (including phenoxy) is 3. The van der Waals surface area contributed by atoms with Crippen LogP contribution in [0.1, 0.15) is 0 Å². The lowest BCUT2D eigenvalue weighted by atomic mass is 9.98. The summed E-state index contributed by atoms with van der Waals surface area (Å²) < 4.78 is 27.9. The lowest BCUT2D eigenvalue weighted by molar-refractivity contribution is -0.375. The molecule has 0 aliphatic carbocycles. The summed E-state index contributed by atoms with van der Waals surface area (Å²) in [6.07, 6.45) is -16.3. The summed E-state index contributed by atoms with van der Waals surface area (Å²) in [5.74, 6) is 0. The van der Waals surface area contributed by atoms with Crippen LogP contribution in [0, 0.1) is 0 Å². The molecule has 0 aromatic carbocycles. The van der Waals surface area contributed by atoms with E-state index in [9.17, 15) is 35.0 Å². The third-order valence-corrected chi connectivity index (χ3v) is 3.94. The maximum absolute atomic E-state index is 12.8. The van der Waals surface area contributed by atoms with Crippen molar-refractivity contribution >= 4 is 0 Å². The second-order valence-electron chi connectivity index (χ2n) is 5.50. The van der Waals surface area contributed by atoms with Gasteiger partial charge in [0.1, 0.15) is 55.5 Å². The van der Waals surface area contributed by atoms with Crippen LogP contribution in [-0.4, -0.2) is 110 Å². The highest BCUT2D eigenvalue weighted by Gasteiger charge is 2.49. The Hall–Kier alpha value is -0.470. The molecule has 0 saturated carbocycles. The fraction of sp³-hybridized carbons (Fsp3) is 1.00. The third kappa shape index (κ3) is 3.64. The Balaban J connectivity index is 2.07. The van der Waals surface area contributed by atoms with Crippen LogP contribution in [0.25, 0.3) is 0 Å². The van der Waals surface area contributed by atoms with Gasteiger partial charge in [0.05, 0.1) is 6.61 Å². The SMILES string of the molecule is OC[C@H]1O[C@H](O[C@H]2OC(CF)[C@@H](O)C(O)C2O)C(O)C(O)[C@@H]1O. The molecule has 0 bridgehead atoms. The first-order valence-electron chi connectivity index (χ1n) is 7.03.